The molecule has 108 valence electrons. The summed E-state index contributed by atoms with van der Waals surface area (Å²) in [4.78, 5) is 4.72. The Bertz CT molecular complexity index is 609. The lowest BCUT2D eigenvalue weighted by Gasteiger charge is -2.15. The molecule has 2 aromatic rings. The summed E-state index contributed by atoms with van der Waals surface area (Å²) >= 11 is 0. The van der Waals surface area contributed by atoms with Gasteiger partial charge in [0.1, 0.15) is 5.82 Å². The molecule has 1 heterocycles. The molecule has 0 amide bonds. The van der Waals surface area contributed by atoms with Crippen LogP contribution in [0.1, 0.15) is 32.3 Å². The second-order valence-electron chi connectivity index (χ2n) is 5.01. The van der Waals surface area contributed by atoms with Gasteiger partial charge in [0.25, 0.3) is 0 Å². The van der Waals surface area contributed by atoms with E-state index in [1.807, 2.05) is 12.1 Å². The molecule has 2 rings (SSSR count). The van der Waals surface area contributed by atoms with Gasteiger partial charge >= 0.3 is 0 Å². The van der Waals surface area contributed by atoms with E-state index in [1.54, 1.807) is 14.2 Å². The summed E-state index contributed by atoms with van der Waals surface area (Å²) in [5.41, 5.74) is 2.12. The number of fused-ring (bicyclic) bond motifs is 1. The summed E-state index contributed by atoms with van der Waals surface area (Å²) in [6.07, 6.45) is 0. The lowest BCUT2D eigenvalue weighted by molar-refractivity contribution is 0.356. The van der Waals surface area contributed by atoms with Gasteiger partial charge in [-0.3, -0.25) is 0 Å². The third-order valence-electron chi connectivity index (χ3n) is 3.32. The van der Waals surface area contributed by atoms with Gasteiger partial charge in [-0.25, -0.2) is 4.98 Å². The molecule has 0 radical (unpaired) electrons. The Labute approximate surface area is 120 Å². The maximum absolute atomic E-state index is 5.35. The molecule has 0 bridgehead atoms. The minimum Gasteiger partial charge on any atom is -0.493 e. The van der Waals surface area contributed by atoms with Crippen molar-refractivity contribution < 1.29 is 9.47 Å². The Morgan fingerprint density at radius 2 is 1.75 bits per heavy atom. The Hall–Kier alpha value is -1.97. The number of anilines is 1. The molecule has 0 fully saturated rings. The number of hydrogen-bond acceptors (Lipinski definition) is 4. The number of methoxy groups -OCH3 is 2. The summed E-state index contributed by atoms with van der Waals surface area (Å²) in [5.74, 6) is 2.79. The van der Waals surface area contributed by atoms with Crippen LogP contribution in [-0.2, 0) is 0 Å². The van der Waals surface area contributed by atoms with Gasteiger partial charge in [0.15, 0.2) is 11.5 Å². The number of hydrogen-bond donors (Lipinski definition) is 1. The van der Waals surface area contributed by atoms with Crippen molar-refractivity contribution in [2.24, 2.45) is 0 Å². The van der Waals surface area contributed by atoms with Crippen LogP contribution in [0.4, 0.5) is 5.82 Å². The number of nitrogens with zero attached hydrogens (tertiary/aromatic N) is 1. The summed E-state index contributed by atoms with van der Waals surface area (Å²) in [6.45, 7) is 7.27. The fourth-order valence-corrected chi connectivity index (χ4v) is 2.27. The number of benzene rings is 1. The molecule has 0 aliphatic rings. The van der Waals surface area contributed by atoms with Crippen molar-refractivity contribution in [1.82, 2.24) is 4.98 Å². The van der Waals surface area contributed by atoms with Crippen LogP contribution in [0.3, 0.4) is 0 Å². The summed E-state index contributed by atoms with van der Waals surface area (Å²) in [6, 6.07) is 6.06. The molecule has 0 saturated heterocycles. The maximum Gasteiger partial charge on any atom is 0.162 e. The average Bonchev–Trinajstić information content (AvgIpc) is 2.45. The monoisotopic (exact) mass is 274 g/mol. The molecule has 20 heavy (non-hydrogen) atoms. The van der Waals surface area contributed by atoms with Crippen molar-refractivity contribution in [3.63, 3.8) is 0 Å². The number of ether oxygens (including phenoxy) is 2. The first-order chi connectivity index (χ1) is 9.60. The molecule has 1 N–H and O–H groups in total. The largest absolute Gasteiger partial charge is 0.493 e. The van der Waals surface area contributed by atoms with Crippen LogP contribution in [0.25, 0.3) is 10.9 Å². The van der Waals surface area contributed by atoms with E-state index in [1.165, 1.54) is 5.56 Å². The van der Waals surface area contributed by atoms with Gasteiger partial charge in [-0.05, 0) is 30.5 Å². The van der Waals surface area contributed by atoms with E-state index in [9.17, 15) is 0 Å². The predicted octanol–water partition coefficient (Wildman–Crippen LogP) is 3.81. The van der Waals surface area contributed by atoms with Gasteiger partial charge in [-0.2, -0.15) is 0 Å². The van der Waals surface area contributed by atoms with Gasteiger partial charge in [-0.15, -0.1) is 0 Å². The highest BCUT2D eigenvalue weighted by molar-refractivity contribution is 5.85. The predicted molar refractivity (Wildman–Crippen MR) is 83.1 cm³/mol. The van der Waals surface area contributed by atoms with Gasteiger partial charge in [-0.1, -0.05) is 13.8 Å². The fraction of sp³-hybridized carbons (Fsp3) is 0.438. The molecule has 0 aliphatic heterocycles. The molecule has 4 nitrogen and oxygen atoms in total. The van der Waals surface area contributed by atoms with Crippen LogP contribution >= 0.6 is 0 Å². The third-order valence-corrected chi connectivity index (χ3v) is 3.32. The first kappa shape index (κ1) is 14.4. The average molecular weight is 274 g/mol. The molecule has 0 unspecified atom stereocenters. The van der Waals surface area contributed by atoms with E-state index >= 15 is 0 Å². The number of nitrogens with one attached hydrogen (secondary N) is 1. The second-order valence-corrected chi connectivity index (χ2v) is 5.01. The van der Waals surface area contributed by atoms with Crippen molar-refractivity contribution in [2.45, 2.75) is 26.7 Å². The second kappa shape index (κ2) is 5.99. The quantitative estimate of drug-likeness (QED) is 0.900. The highest BCUT2D eigenvalue weighted by atomic mass is 16.5. The molecule has 0 aliphatic carbocycles. The zero-order valence-corrected chi connectivity index (χ0v) is 12.8. The highest BCUT2D eigenvalue weighted by Gasteiger charge is 2.13. The fourth-order valence-electron chi connectivity index (χ4n) is 2.27. The number of pyridine rings is 1. The molecule has 4 heteroatoms. The van der Waals surface area contributed by atoms with E-state index in [0.717, 1.165) is 29.0 Å². The van der Waals surface area contributed by atoms with Crippen molar-refractivity contribution in [3.05, 3.63) is 23.8 Å². The van der Waals surface area contributed by atoms with Gasteiger partial charge in [0.2, 0.25) is 0 Å². The Kier molecular flexibility index (Phi) is 4.32. The lowest BCUT2D eigenvalue weighted by Crippen LogP contribution is -2.05. The molecule has 0 spiro atoms. The minimum absolute atomic E-state index is 0.411. The van der Waals surface area contributed by atoms with Crippen LogP contribution in [-0.4, -0.2) is 25.7 Å². The van der Waals surface area contributed by atoms with Gasteiger partial charge in [0, 0.05) is 18.0 Å². The number of aromatic nitrogens is 1. The zero-order valence-electron chi connectivity index (χ0n) is 12.8. The normalized spacial score (nSPS) is 10.9. The smallest absolute Gasteiger partial charge is 0.162 e. The van der Waals surface area contributed by atoms with Crippen LogP contribution in [0.5, 0.6) is 11.5 Å². The standard InChI is InChI=1S/C16H22N2O2/c1-6-17-16-12(10(2)3)7-11-8-14(19-4)15(20-5)9-13(11)18-16/h7-10H,6H2,1-5H3,(H,17,18). The van der Waals surface area contributed by atoms with E-state index in [-0.39, 0.29) is 0 Å². The van der Waals surface area contributed by atoms with Crippen LogP contribution in [0, 0.1) is 0 Å². The zero-order chi connectivity index (χ0) is 14.7. The Morgan fingerprint density at radius 1 is 1.10 bits per heavy atom. The van der Waals surface area contributed by atoms with E-state index in [2.05, 4.69) is 32.2 Å². The molecular weight excluding hydrogens is 252 g/mol. The summed E-state index contributed by atoms with van der Waals surface area (Å²) in [7, 11) is 3.28. The van der Waals surface area contributed by atoms with Crippen molar-refractivity contribution in [1.29, 1.82) is 0 Å². The van der Waals surface area contributed by atoms with Gasteiger partial charge < -0.3 is 14.8 Å². The topological polar surface area (TPSA) is 43.4 Å². The minimum atomic E-state index is 0.411. The molecule has 1 aromatic heterocycles. The van der Waals surface area contributed by atoms with Crippen LogP contribution in [0.15, 0.2) is 18.2 Å². The first-order valence-electron chi connectivity index (χ1n) is 6.91. The van der Waals surface area contributed by atoms with Crippen molar-refractivity contribution >= 4 is 16.7 Å². The maximum atomic E-state index is 5.35. The summed E-state index contributed by atoms with van der Waals surface area (Å²) < 4.78 is 10.7. The Morgan fingerprint density at radius 3 is 2.30 bits per heavy atom. The van der Waals surface area contributed by atoms with Crippen LogP contribution < -0.4 is 14.8 Å². The van der Waals surface area contributed by atoms with Gasteiger partial charge in [0.05, 0.1) is 19.7 Å². The number of rotatable bonds is 5. The summed E-state index contributed by atoms with van der Waals surface area (Å²) in [5, 5.41) is 4.40. The Balaban J connectivity index is 2.66. The molecule has 1 aromatic carbocycles. The SMILES string of the molecule is CCNc1nc2cc(OC)c(OC)cc2cc1C(C)C. The lowest BCUT2D eigenvalue weighted by atomic mass is 10.0. The van der Waals surface area contributed by atoms with E-state index in [0.29, 0.717) is 11.7 Å². The highest BCUT2D eigenvalue weighted by Crippen LogP contribution is 2.34. The third kappa shape index (κ3) is 2.64. The molecular formula is C16H22N2O2. The van der Waals surface area contributed by atoms with Crippen LogP contribution in [0.2, 0.25) is 0 Å². The van der Waals surface area contributed by atoms with E-state index < -0.39 is 0 Å². The van der Waals surface area contributed by atoms with Crippen molar-refractivity contribution in [3.8, 4) is 11.5 Å². The molecule has 0 atom stereocenters. The van der Waals surface area contributed by atoms with E-state index in [4.69, 9.17) is 14.5 Å². The first-order valence-corrected chi connectivity index (χ1v) is 6.91. The van der Waals surface area contributed by atoms with Crippen molar-refractivity contribution in [2.75, 3.05) is 26.1 Å². The molecule has 0 saturated carbocycles.